The topological polar surface area (TPSA) is 17.1 Å². The maximum absolute atomic E-state index is 12.5. The molecule has 0 saturated heterocycles. The highest BCUT2D eigenvalue weighted by molar-refractivity contribution is 7.12. The van der Waals surface area contributed by atoms with Gasteiger partial charge in [0.1, 0.15) is 0 Å². The van der Waals surface area contributed by atoms with Gasteiger partial charge in [-0.15, -0.1) is 11.3 Å². The van der Waals surface area contributed by atoms with Crippen LogP contribution < -0.4 is 0 Å². The maximum atomic E-state index is 12.5. The molecule has 0 aliphatic heterocycles. The fraction of sp³-hybridized carbons (Fsp3) is 0.0625. The molecule has 0 fully saturated rings. The minimum Gasteiger partial charge on any atom is -0.288 e. The Bertz CT molecular complexity index is 719. The highest BCUT2D eigenvalue weighted by Gasteiger charge is 2.13. The van der Waals surface area contributed by atoms with Crippen LogP contribution in [0.1, 0.15) is 20.8 Å². The van der Waals surface area contributed by atoms with Crippen LogP contribution in [0.5, 0.6) is 0 Å². The Morgan fingerprint density at radius 1 is 1.06 bits per heavy atom. The molecule has 0 spiro atoms. The zero-order valence-electron chi connectivity index (χ0n) is 10.0. The van der Waals surface area contributed by atoms with Crippen molar-refractivity contribution in [3.05, 3.63) is 69.9 Å². The van der Waals surface area contributed by atoms with E-state index in [0.29, 0.717) is 0 Å². The van der Waals surface area contributed by atoms with E-state index in [0.717, 1.165) is 26.8 Å². The molecule has 0 bridgehead atoms. The highest BCUT2D eigenvalue weighted by Crippen LogP contribution is 2.24. The number of hydrogen-bond donors (Lipinski definition) is 0. The molecule has 3 aromatic rings. The smallest absolute Gasteiger partial charge is 0.203 e. The summed E-state index contributed by atoms with van der Waals surface area (Å²) in [5.41, 5.74) is 1.93. The van der Waals surface area contributed by atoms with Crippen LogP contribution in [0.2, 0.25) is 0 Å². The Kier molecular flexibility index (Phi) is 2.73. The van der Waals surface area contributed by atoms with Crippen molar-refractivity contribution in [1.82, 2.24) is 0 Å². The van der Waals surface area contributed by atoms with Gasteiger partial charge in [-0.2, -0.15) is 0 Å². The van der Waals surface area contributed by atoms with E-state index < -0.39 is 0 Å². The highest BCUT2D eigenvalue weighted by atomic mass is 32.1. The Balaban J connectivity index is 2.17. The third kappa shape index (κ3) is 1.85. The van der Waals surface area contributed by atoms with Gasteiger partial charge < -0.3 is 0 Å². The summed E-state index contributed by atoms with van der Waals surface area (Å²) >= 11 is 1.51. The minimum absolute atomic E-state index is 0.116. The molecule has 1 nitrogen and oxygen atoms in total. The molecular weight excluding hydrogens is 240 g/mol. The van der Waals surface area contributed by atoms with E-state index >= 15 is 0 Å². The molecule has 0 saturated carbocycles. The molecule has 0 N–H and O–H groups in total. The first-order chi connectivity index (χ1) is 8.75. The van der Waals surface area contributed by atoms with Gasteiger partial charge in [0, 0.05) is 5.56 Å². The summed E-state index contributed by atoms with van der Waals surface area (Å²) in [5, 5.41) is 4.14. The molecule has 18 heavy (non-hydrogen) atoms. The Hall–Kier alpha value is -1.93. The SMILES string of the molecule is Cc1csc(C(=O)c2cccc3ccccc23)c1. The van der Waals surface area contributed by atoms with Gasteiger partial charge in [-0.3, -0.25) is 4.79 Å². The minimum atomic E-state index is 0.116. The quantitative estimate of drug-likeness (QED) is 0.616. The largest absolute Gasteiger partial charge is 0.288 e. The fourth-order valence-electron chi connectivity index (χ4n) is 2.11. The molecule has 0 radical (unpaired) electrons. The van der Waals surface area contributed by atoms with Crippen molar-refractivity contribution in [1.29, 1.82) is 0 Å². The number of fused-ring (bicyclic) bond motifs is 1. The summed E-state index contributed by atoms with van der Waals surface area (Å²) in [6.45, 7) is 2.01. The van der Waals surface area contributed by atoms with E-state index in [1.54, 1.807) is 0 Å². The van der Waals surface area contributed by atoms with Crippen LogP contribution in [0.15, 0.2) is 53.9 Å². The van der Waals surface area contributed by atoms with Crippen molar-refractivity contribution in [3.63, 3.8) is 0 Å². The molecule has 0 aliphatic rings. The predicted octanol–water partition coefficient (Wildman–Crippen LogP) is 4.44. The number of carbonyl (C=O) groups excluding carboxylic acids is 1. The third-order valence-corrected chi connectivity index (χ3v) is 4.04. The number of carbonyl (C=O) groups is 1. The molecule has 0 aliphatic carbocycles. The van der Waals surface area contributed by atoms with Crippen molar-refractivity contribution < 1.29 is 4.79 Å². The summed E-state index contributed by atoms with van der Waals surface area (Å²) in [7, 11) is 0. The van der Waals surface area contributed by atoms with Crippen LogP contribution in [0.4, 0.5) is 0 Å². The zero-order chi connectivity index (χ0) is 12.5. The molecular formula is C16H12OS. The van der Waals surface area contributed by atoms with Crippen LogP contribution in [0.3, 0.4) is 0 Å². The number of ketones is 1. The monoisotopic (exact) mass is 252 g/mol. The molecule has 0 atom stereocenters. The van der Waals surface area contributed by atoms with Gasteiger partial charge in [0.25, 0.3) is 0 Å². The average molecular weight is 252 g/mol. The Morgan fingerprint density at radius 3 is 2.61 bits per heavy atom. The lowest BCUT2D eigenvalue weighted by Crippen LogP contribution is -1.99. The molecule has 1 heterocycles. The van der Waals surface area contributed by atoms with Crippen LogP contribution in [-0.4, -0.2) is 5.78 Å². The van der Waals surface area contributed by atoms with Gasteiger partial charge in [0.05, 0.1) is 4.88 Å². The number of benzene rings is 2. The lowest BCUT2D eigenvalue weighted by Gasteiger charge is -2.04. The van der Waals surface area contributed by atoms with Gasteiger partial charge in [0.2, 0.25) is 5.78 Å². The van der Waals surface area contributed by atoms with Gasteiger partial charge in [0.15, 0.2) is 0 Å². The van der Waals surface area contributed by atoms with E-state index in [2.05, 4.69) is 0 Å². The number of hydrogen-bond acceptors (Lipinski definition) is 2. The number of aryl methyl sites for hydroxylation is 1. The van der Waals surface area contributed by atoms with E-state index in [4.69, 9.17) is 0 Å². The van der Waals surface area contributed by atoms with Crippen molar-refractivity contribution in [2.45, 2.75) is 6.92 Å². The van der Waals surface area contributed by atoms with E-state index in [1.807, 2.05) is 60.8 Å². The van der Waals surface area contributed by atoms with Crippen molar-refractivity contribution >= 4 is 27.9 Å². The van der Waals surface area contributed by atoms with E-state index in [1.165, 1.54) is 11.3 Å². The standard InChI is InChI=1S/C16H12OS/c1-11-9-15(18-10-11)16(17)14-8-4-6-12-5-2-3-7-13(12)14/h2-10H,1H3. The predicted molar refractivity (Wildman–Crippen MR) is 76.4 cm³/mol. The van der Waals surface area contributed by atoms with Crippen LogP contribution in [-0.2, 0) is 0 Å². The zero-order valence-corrected chi connectivity index (χ0v) is 10.8. The second-order valence-electron chi connectivity index (χ2n) is 4.34. The van der Waals surface area contributed by atoms with Gasteiger partial charge in [-0.25, -0.2) is 0 Å². The lowest BCUT2D eigenvalue weighted by molar-refractivity contribution is 0.104. The summed E-state index contributed by atoms with van der Waals surface area (Å²) in [6.07, 6.45) is 0. The molecule has 0 unspecified atom stereocenters. The number of thiophene rings is 1. The summed E-state index contributed by atoms with van der Waals surface area (Å²) in [5.74, 6) is 0.116. The molecule has 1 aromatic heterocycles. The molecule has 0 amide bonds. The average Bonchev–Trinajstić information content (AvgIpc) is 2.84. The normalized spacial score (nSPS) is 10.7. The molecule has 3 rings (SSSR count). The van der Waals surface area contributed by atoms with Gasteiger partial charge in [-0.05, 0) is 34.7 Å². The lowest BCUT2D eigenvalue weighted by atomic mass is 10.0. The van der Waals surface area contributed by atoms with Crippen molar-refractivity contribution in [2.75, 3.05) is 0 Å². The van der Waals surface area contributed by atoms with Gasteiger partial charge in [-0.1, -0.05) is 42.5 Å². The first-order valence-electron chi connectivity index (χ1n) is 5.83. The second-order valence-corrected chi connectivity index (χ2v) is 5.26. The maximum Gasteiger partial charge on any atom is 0.203 e. The van der Waals surface area contributed by atoms with Crippen molar-refractivity contribution in [2.24, 2.45) is 0 Å². The second kappa shape index (κ2) is 4.39. The van der Waals surface area contributed by atoms with Crippen molar-refractivity contribution in [3.8, 4) is 0 Å². The first kappa shape index (κ1) is 11.2. The van der Waals surface area contributed by atoms with Gasteiger partial charge >= 0.3 is 0 Å². The number of rotatable bonds is 2. The van der Waals surface area contributed by atoms with Crippen LogP contribution >= 0.6 is 11.3 Å². The molecule has 2 aromatic carbocycles. The third-order valence-electron chi connectivity index (χ3n) is 2.99. The Labute approximate surface area is 110 Å². The van der Waals surface area contributed by atoms with Crippen LogP contribution in [0.25, 0.3) is 10.8 Å². The summed E-state index contributed by atoms with van der Waals surface area (Å²) in [4.78, 5) is 13.3. The summed E-state index contributed by atoms with van der Waals surface area (Å²) < 4.78 is 0. The fourth-order valence-corrected chi connectivity index (χ4v) is 2.96. The first-order valence-corrected chi connectivity index (χ1v) is 6.71. The molecule has 2 heteroatoms. The van der Waals surface area contributed by atoms with Crippen LogP contribution in [0, 0.1) is 6.92 Å². The Morgan fingerprint density at radius 2 is 1.83 bits per heavy atom. The van der Waals surface area contributed by atoms with E-state index in [-0.39, 0.29) is 5.78 Å². The van der Waals surface area contributed by atoms with E-state index in [9.17, 15) is 4.79 Å². The molecule has 88 valence electrons. The summed E-state index contributed by atoms with van der Waals surface area (Å²) in [6, 6.07) is 15.8.